The standard InChI is InChI=1S/C24H30Cl2N4OS/c1-2-4-18-5-3-11-29(18)15-21-19(25)13-20(26)24(31)30(21)12-10-16-6-8-17(9-7-16)23-27-14-22(32)28-23/h6-9,13,18,22,32H,2-5,10-12,14-15H2,1H3,(H,27,28)/t18-,22?/m0/s1. The maximum absolute atomic E-state index is 12.9. The quantitative estimate of drug-likeness (QED) is 0.521. The molecule has 4 rings (SSSR count). The molecule has 3 heterocycles. The predicted octanol–water partition coefficient (Wildman–Crippen LogP) is 4.77. The lowest BCUT2D eigenvalue weighted by Crippen LogP contribution is -2.33. The van der Waals surface area contributed by atoms with E-state index in [1.165, 1.54) is 19.3 Å². The van der Waals surface area contributed by atoms with E-state index < -0.39 is 0 Å². The Labute approximate surface area is 205 Å². The van der Waals surface area contributed by atoms with Crippen molar-refractivity contribution < 1.29 is 0 Å². The van der Waals surface area contributed by atoms with Gasteiger partial charge in [0.15, 0.2) is 0 Å². The highest BCUT2D eigenvalue weighted by molar-refractivity contribution is 7.81. The van der Waals surface area contributed by atoms with E-state index >= 15 is 0 Å². The Morgan fingerprint density at radius 3 is 2.69 bits per heavy atom. The van der Waals surface area contributed by atoms with E-state index in [9.17, 15) is 4.79 Å². The lowest BCUT2D eigenvalue weighted by molar-refractivity contribution is 0.227. The fourth-order valence-electron chi connectivity index (χ4n) is 4.66. The van der Waals surface area contributed by atoms with Crippen LogP contribution in [0, 0.1) is 0 Å². The number of amidine groups is 1. The second-order valence-corrected chi connectivity index (χ2v) is 10.0. The number of nitrogens with zero attached hydrogens (tertiary/aromatic N) is 3. The van der Waals surface area contributed by atoms with Gasteiger partial charge in [-0.15, -0.1) is 0 Å². The maximum Gasteiger partial charge on any atom is 0.269 e. The first-order valence-electron chi connectivity index (χ1n) is 11.4. The zero-order chi connectivity index (χ0) is 22.7. The summed E-state index contributed by atoms with van der Waals surface area (Å²) in [5, 5.41) is 4.08. The molecule has 172 valence electrons. The summed E-state index contributed by atoms with van der Waals surface area (Å²) in [6.07, 6.45) is 5.46. The molecule has 0 radical (unpaired) electrons. The van der Waals surface area contributed by atoms with E-state index in [2.05, 4.69) is 59.0 Å². The number of rotatable bonds is 8. The number of aromatic nitrogens is 1. The summed E-state index contributed by atoms with van der Waals surface area (Å²) in [5.41, 5.74) is 2.89. The first-order valence-corrected chi connectivity index (χ1v) is 12.6. The van der Waals surface area contributed by atoms with Gasteiger partial charge >= 0.3 is 0 Å². The number of pyridine rings is 1. The Bertz CT molecular complexity index is 1040. The van der Waals surface area contributed by atoms with Crippen LogP contribution in [0.1, 0.15) is 49.4 Å². The second kappa shape index (κ2) is 10.6. The minimum absolute atomic E-state index is 0.0788. The van der Waals surface area contributed by atoms with Crippen molar-refractivity contribution in [1.82, 2.24) is 14.8 Å². The Hall–Kier alpha value is -1.47. The van der Waals surface area contributed by atoms with Crippen LogP contribution in [0.2, 0.25) is 10.0 Å². The Kier molecular flexibility index (Phi) is 7.87. The molecule has 0 amide bonds. The van der Waals surface area contributed by atoms with Gasteiger partial charge in [-0.25, -0.2) is 0 Å². The SMILES string of the molecule is CCC[C@H]1CCCN1Cc1c(Cl)cc(Cl)c(=O)n1CCc1ccc(C2=NCC(S)N2)cc1. The van der Waals surface area contributed by atoms with Gasteiger partial charge in [0, 0.05) is 24.7 Å². The van der Waals surface area contributed by atoms with Crippen molar-refractivity contribution in [3.05, 3.63) is 67.6 Å². The van der Waals surface area contributed by atoms with Crippen LogP contribution in [-0.4, -0.2) is 39.8 Å². The highest BCUT2D eigenvalue weighted by atomic mass is 35.5. The van der Waals surface area contributed by atoms with E-state index in [4.69, 9.17) is 23.2 Å². The van der Waals surface area contributed by atoms with Crippen LogP contribution in [0.3, 0.4) is 0 Å². The molecule has 2 aliphatic heterocycles. The number of benzene rings is 1. The van der Waals surface area contributed by atoms with Crippen LogP contribution in [-0.2, 0) is 19.5 Å². The predicted molar refractivity (Wildman–Crippen MR) is 137 cm³/mol. The molecule has 1 aromatic carbocycles. The van der Waals surface area contributed by atoms with E-state index in [1.807, 2.05) is 0 Å². The molecule has 0 spiro atoms. The Balaban J connectivity index is 1.51. The van der Waals surface area contributed by atoms with Crippen molar-refractivity contribution >= 4 is 41.7 Å². The van der Waals surface area contributed by atoms with Gasteiger partial charge in [-0.3, -0.25) is 14.7 Å². The van der Waals surface area contributed by atoms with Crippen LogP contribution in [0.25, 0.3) is 0 Å². The fraction of sp³-hybridized carbons (Fsp3) is 0.500. The van der Waals surface area contributed by atoms with Gasteiger partial charge in [0.05, 0.1) is 22.6 Å². The van der Waals surface area contributed by atoms with Crippen molar-refractivity contribution in [2.24, 2.45) is 4.99 Å². The molecule has 1 aromatic heterocycles. The van der Waals surface area contributed by atoms with Crippen molar-refractivity contribution in [2.45, 2.75) is 63.5 Å². The van der Waals surface area contributed by atoms with Crippen LogP contribution >= 0.6 is 35.8 Å². The topological polar surface area (TPSA) is 49.6 Å². The average molecular weight is 494 g/mol. The molecule has 1 saturated heterocycles. The van der Waals surface area contributed by atoms with Gasteiger partial charge in [-0.05, 0) is 43.9 Å². The van der Waals surface area contributed by atoms with Crippen molar-refractivity contribution in [1.29, 1.82) is 0 Å². The molecule has 1 unspecified atom stereocenters. The average Bonchev–Trinajstić information content (AvgIpc) is 3.41. The molecule has 32 heavy (non-hydrogen) atoms. The number of nitrogens with one attached hydrogen (secondary N) is 1. The zero-order valence-electron chi connectivity index (χ0n) is 18.4. The summed E-state index contributed by atoms with van der Waals surface area (Å²) < 4.78 is 1.77. The van der Waals surface area contributed by atoms with Crippen LogP contribution in [0.4, 0.5) is 0 Å². The minimum atomic E-state index is -0.168. The van der Waals surface area contributed by atoms with Gasteiger partial charge in [-0.2, -0.15) is 12.6 Å². The third-order valence-electron chi connectivity index (χ3n) is 6.36. The number of aliphatic imine (C=N–C) groups is 1. The second-order valence-electron chi connectivity index (χ2n) is 8.60. The normalized spacial score (nSPS) is 21.1. The number of hydrogen-bond donors (Lipinski definition) is 2. The molecular weight excluding hydrogens is 463 g/mol. The van der Waals surface area contributed by atoms with E-state index in [-0.39, 0.29) is 16.0 Å². The zero-order valence-corrected chi connectivity index (χ0v) is 20.8. The smallest absolute Gasteiger partial charge is 0.269 e. The maximum atomic E-state index is 12.9. The van der Waals surface area contributed by atoms with E-state index in [0.29, 0.717) is 30.7 Å². The fourth-order valence-corrected chi connectivity index (χ4v) is 5.40. The molecule has 0 bridgehead atoms. The molecular formula is C24H30Cl2N4OS. The Morgan fingerprint density at radius 1 is 1.22 bits per heavy atom. The van der Waals surface area contributed by atoms with Gasteiger partial charge in [0.2, 0.25) is 0 Å². The molecule has 8 heteroatoms. The lowest BCUT2D eigenvalue weighted by Gasteiger charge is -2.26. The number of thiol groups is 1. The number of likely N-dealkylation sites (tertiary alicyclic amines) is 1. The largest absolute Gasteiger partial charge is 0.357 e. The lowest BCUT2D eigenvalue weighted by atomic mass is 10.1. The number of aryl methyl sites for hydroxylation is 1. The summed E-state index contributed by atoms with van der Waals surface area (Å²) in [6.45, 7) is 5.17. The van der Waals surface area contributed by atoms with E-state index in [0.717, 1.165) is 42.0 Å². The van der Waals surface area contributed by atoms with Crippen molar-refractivity contribution in [3.63, 3.8) is 0 Å². The van der Waals surface area contributed by atoms with Crippen LogP contribution in [0.15, 0.2) is 40.1 Å². The van der Waals surface area contributed by atoms with Gasteiger partial charge in [-0.1, -0.05) is 60.8 Å². The molecule has 2 aromatic rings. The molecule has 2 atom stereocenters. The molecule has 0 aliphatic carbocycles. The van der Waals surface area contributed by atoms with E-state index in [1.54, 1.807) is 10.6 Å². The third-order valence-corrected chi connectivity index (χ3v) is 7.25. The summed E-state index contributed by atoms with van der Waals surface area (Å²) >= 11 is 17.2. The third kappa shape index (κ3) is 5.36. The molecule has 1 N–H and O–H groups in total. The summed E-state index contributed by atoms with van der Waals surface area (Å²) in [7, 11) is 0. The van der Waals surface area contributed by atoms with Crippen molar-refractivity contribution in [2.75, 3.05) is 13.1 Å². The first-order chi connectivity index (χ1) is 15.5. The Morgan fingerprint density at radius 2 is 2.00 bits per heavy atom. The summed E-state index contributed by atoms with van der Waals surface area (Å²) in [4.78, 5) is 19.9. The highest BCUT2D eigenvalue weighted by Gasteiger charge is 2.26. The van der Waals surface area contributed by atoms with Crippen LogP contribution < -0.4 is 10.9 Å². The molecule has 1 fully saturated rings. The summed E-state index contributed by atoms with van der Waals surface area (Å²) in [5.74, 6) is 0.879. The van der Waals surface area contributed by atoms with Gasteiger partial charge < -0.3 is 9.88 Å². The monoisotopic (exact) mass is 492 g/mol. The van der Waals surface area contributed by atoms with Gasteiger partial charge in [0.25, 0.3) is 5.56 Å². The van der Waals surface area contributed by atoms with Crippen molar-refractivity contribution in [3.8, 4) is 0 Å². The number of halogens is 2. The minimum Gasteiger partial charge on any atom is -0.357 e. The van der Waals surface area contributed by atoms with Crippen LogP contribution in [0.5, 0.6) is 0 Å². The van der Waals surface area contributed by atoms with Gasteiger partial charge in [0.1, 0.15) is 10.9 Å². The first kappa shape index (κ1) is 23.7. The summed E-state index contributed by atoms with van der Waals surface area (Å²) in [6, 6.07) is 10.4. The molecule has 0 saturated carbocycles. The molecule has 5 nitrogen and oxygen atoms in total. The highest BCUT2D eigenvalue weighted by Crippen LogP contribution is 2.27. The molecule has 2 aliphatic rings. The number of hydrogen-bond acceptors (Lipinski definition) is 5.